The van der Waals surface area contributed by atoms with Crippen LogP contribution in [0, 0.1) is 19.3 Å². The van der Waals surface area contributed by atoms with Crippen LogP contribution in [0.1, 0.15) is 27.4 Å². The van der Waals surface area contributed by atoms with Gasteiger partial charge in [-0.15, -0.1) is 11.5 Å². The van der Waals surface area contributed by atoms with Gasteiger partial charge in [-0.25, -0.2) is 4.68 Å². The van der Waals surface area contributed by atoms with E-state index in [9.17, 15) is 4.79 Å². The minimum Gasteiger partial charge on any atom is -0.487 e. The molecule has 0 atom stereocenters. The van der Waals surface area contributed by atoms with Crippen molar-refractivity contribution in [1.29, 1.82) is 0 Å². The molecule has 0 amide bonds. The van der Waals surface area contributed by atoms with E-state index < -0.39 is 0 Å². The van der Waals surface area contributed by atoms with Crippen LogP contribution in [0.15, 0.2) is 83.4 Å². The van der Waals surface area contributed by atoms with Crippen LogP contribution in [0.2, 0.25) is 0 Å². The van der Waals surface area contributed by atoms with E-state index in [2.05, 4.69) is 16.2 Å². The van der Waals surface area contributed by atoms with Gasteiger partial charge in [0, 0.05) is 22.6 Å². The van der Waals surface area contributed by atoms with Crippen molar-refractivity contribution >= 4 is 16.8 Å². The van der Waals surface area contributed by atoms with Crippen molar-refractivity contribution in [1.82, 2.24) is 15.0 Å². The minimum absolute atomic E-state index is 0.144. The molecule has 0 saturated carbocycles. The Labute approximate surface area is 201 Å². The number of fused-ring (bicyclic) bond motifs is 1. The van der Waals surface area contributed by atoms with Crippen LogP contribution in [-0.4, -0.2) is 27.4 Å². The number of benzene rings is 3. The van der Waals surface area contributed by atoms with Crippen molar-refractivity contribution in [3.05, 3.63) is 102 Å². The van der Waals surface area contributed by atoms with Gasteiger partial charge < -0.3 is 13.9 Å². The maximum Gasteiger partial charge on any atom is 0.228 e. The van der Waals surface area contributed by atoms with E-state index in [0.29, 0.717) is 34.1 Å². The zero-order valence-corrected chi connectivity index (χ0v) is 19.0. The normalized spacial score (nSPS) is 10.7. The molecule has 5 aromatic rings. The summed E-state index contributed by atoms with van der Waals surface area (Å²) < 4.78 is 18.9. The summed E-state index contributed by atoms with van der Waals surface area (Å²) in [5.74, 6) is 3.92. The van der Waals surface area contributed by atoms with E-state index in [1.165, 1.54) is 0 Å². The number of aryl methyl sites for hydroxylation is 1. The number of ketones is 1. The Morgan fingerprint density at radius 3 is 2.57 bits per heavy atom. The van der Waals surface area contributed by atoms with Gasteiger partial charge in [0.15, 0.2) is 5.76 Å². The Hall–Kier alpha value is -4.83. The van der Waals surface area contributed by atoms with E-state index in [1.54, 1.807) is 29.1 Å². The predicted molar refractivity (Wildman–Crippen MR) is 131 cm³/mol. The monoisotopic (exact) mass is 463 g/mol. The number of hydrogen-bond donors (Lipinski definition) is 0. The fourth-order valence-electron chi connectivity index (χ4n) is 3.70. The number of carbonyl (C=O) groups excluding carboxylic acids is 1. The van der Waals surface area contributed by atoms with Crippen molar-refractivity contribution in [3.63, 3.8) is 0 Å². The van der Waals surface area contributed by atoms with Crippen molar-refractivity contribution in [2.45, 2.75) is 13.5 Å². The SMILES string of the molecule is C#CCOc1ccc(-n2cc(COc3ccc4c(C)c(C(=O)c5ccccc5)oc4c3)nn2)cc1. The Bertz CT molecular complexity index is 1530. The highest BCUT2D eigenvalue weighted by atomic mass is 16.5. The predicted octanol–water partition coefficient (Wildman–Crippen LogP) is 5.14. The van der Waals surface area contributed by atoms with Gasteiger partial charge in [-0.05, 0) is 43.3 Å². The number of hydrogen-bond acceptors (Lipinski definition) is 6. The van der Waals surface area contributed by atoms with Gasteiger partial charge in [0.25, 0.3) is 0 Å². The van der Waals surface area contributed by atoms with Crippen LogP contribution in [-0.2, 0) is 6.61 Å². The Morgan fingerprint density at radius 1 is 1.03 bits per heavy atom. The van der Waals surface area contributed by atoms with Gasteiger partial charge in [-0.1, -0.05) is 41.5 Å². The maximum atomic E-state index is 12.9. The van der Waals surface area contributed by atoms with Gasteiger partial charge in [0.1, 0.15) is 36.0 Å². The third kappa shape index (κ3) is 4.63. The molecule has 7 heteroatoms. The second-order valence-electron chi connectivity index (χ2n) is 7.84. The van der Waals surface area contributed by atoms with Crippen LogP contribution < -0.4 is 9.47 Å². The fourth-order valence-corrected chi connectivity index (χ4v) is 3.70. The number of ether oxygens (including phenoxy) is 2. The Morgan fingerprint density at radius 2 is 1.80 bits per heavy atom. The molecule has 0 N–H and O–H groups in total. The molecule has 0 radical (unpaired) electrons. The molecular weight excluding hydrogens is 442 g/mol. The zero-order valence-electron chi connectivity index (χ0n) is 19.0. The molecule has 35 heavy (non-hydrogen) atoms. The molecule has 2 aromatic heterocycles. The summed E-state index contributed by atoms with van der Waals surface area (Å²) in [6.45, 7) is 2.33. The van der Waals surface area contributed by atoms with E-state index in [0.717, 1.165) is 16.6 Å². The molecule has 0 bridgehead atoms. The molecule has 5 rings (SSSR count). The zero-order chi connectivity index (χ0) is 24.2. The summed E-state index contributed by atoms with van der Waals surface area (Å²) in [7, 11) is 0. The number of terminal acetylenes is 1. The van der Waals surface area contributed by atoms with Crippen molar-refractivity contribution in [2.24, 2.45) is 0 Å². The average molecular weight is 463 g/mol. The van der Waals surface area contributed by atoms with Crippen molar-refractivity contribution < 1.29 is 18.7 Å². The molecule has 0 spiro atoms. The lowest BCUT2D eigenvalue weighted by molar-refractivity contribution is 0.101. The highest BCUT2D eigenvalue weighted by Crippen LogP contribution is 2.30. The van der Waals surface area contributed by atoms with Crippen LogP contribution in [0.5, 0.6) is 11.5 Å². The molecule has 0 saturated heterocycles. The Balaban J connectivity index is 1.28. The largest absolute Gasteiger partial charge is 0.487 e. The number of nitrogens with zero attached hydrogens (tertiary/aromatic N) is 3. The summed E-state index contributed by atoms with van der Waals surface area (Å²) >= 11 is 0. The summed E-state index contributed by atoms with van der Waals surface area (Å²) in [5.41, 5.74) is 3.48. The summed E-state index contributed by atoms with van der Waals surface area (Å²) in [5, 5.41) is 9.21. The lowest BCUT2D eigenvalue weighted by atomic mass is 10.0. The van der Waals surface area contributed by atoms with Crippen LogP contribution in [0.3, 0.4) is 0 Å². The second-order valence-corrected chi connectivity index (χ2v) is 7.84. The summed E-state index contributed by atoms with van der Waals surface area (Å²) in [6.07, 6.45) is 7.01. The topological polar surface area (TPSA) is 79.4 Å². The third-order valence-electron chi connectivity index (χ3n) is 5.50. The highest BCUT2D eigenvalue weighted by molar-refractivity contribution is 6.10. The first-order valence-electron chi connectivity index (χ1n) is 11.0. The number of rotatable bonds is 8. The number of aromatic nitrogens is 3. The maximum absolute atomic E-state index is 12.9. The minimum atomic E-state index is -0.144. The van der Waals surface area contributed by atoms with Gasteiger partial charge >= 0.3 is 0 Å². The van der Waals surface area contributed by atoms with Gasteiger partial charge in [0.05, 0.1) is 11.9 Å². The smallest absolute Gasteiger partial charge is 0.228 e. The van der Waals surface area contributed by atoms with Gasteiger partial charge in [-0.3, -0.25) is 4.79 Å². The van der Waals surface area contributed by atoms with E-state index in [-0.39, 0.29) is 19.0 Å². The molecule has 0 fully saturated rings. The molecule has 0 aliphatic heterocycles. The molecule has 3 aromatic carbocycles. The number of furan rings is 1. The van der Waals surface area contributed by atoms with Crippen molar-refractivity contribution in [3.8, 4) is 29.5 Å². The van der Waals surface area contributed by atoms with E-state index in [4.69, 9.17) is 20.3 Å². The van der Waals surface area contributed by atoms with Gasteiger partial charge in [0.2, 0.25) is 5.78 Å². The third-order valence-corrected chi connectivity index (χ3v) is 5.50. The summed E-state index contributed by atoms with van der Waals surface area (Å²) in [4.78, 5) is 12.9. The van der Waals surface area contributed by atoms with E-state index >= 15 is 0 Å². The first-order valence-corrected chi connectivity index (χ1v) is 11.0. The van der Waals surface area contributed by atoms with Crippen LogP contribution in [0.25, 0.3) is 16.7 Å². The molecule has 0 aliphatic carbocycles. The lowest BCUT2D eigenvalue weighted by Gasteiger charge is -2.04. The lowest BCUT2D eigenvalue weighted by Crippen LogP contribution is -2.00. The quantitative estimate of drug-likeness (QED) is 0.234. The molecule has 172 valence electrons. The second kappa shape index (κ2) is 9.57. The fraction of sp³-hybridized carbons (Fsp3) is 0.107. The first kappa shape index (κ1) is 22.0. The van der Waals surface area contributed by atoms with Crippen molar-refractivity contribution in [2.75, 3.05) is 6.61 Å². The standard InChI is InChI=1S/C28H21N3O4/c1-3-15-33-23-11-9-22(10-12-23)31-17-21(29-30-31)18-34-24-13-14-25-19(2)28(35-26(25)16-24)27(32)20-7-5-4-6-8-20/h1,4-14,16-17H,15,18H2,2H3. The average Bonchev–Trinajstić information content (AvgIpc) is 3.51. The molecule has 7 nitrogen and oxygen atoms in total. The molecule has 0 aliphatic rings. The molecule has 2 heterocycles. The molecule has 0 unspecified atom stereocenters. The van der Waals surface area contributed by atoms with Crippen LogP contribution >= 0.6 is 0 Å². The summed E-state index contributed by atoms with van der Waals surface area (Å²) in [6, 6.07) is 22.0. The Kier molecular flexibility index (Phi) is 6.01. The molecular formula is C28H21N3O4. The highest BCUT2D eigenvalue weighted by Gasteiger charge is 2.19. The van der Waals surface area contributed by atoms with Crippen LogP contribution in [0.4, 0.5) is 0 Å². The van der Waals surface area contributed by atoms with Gasteiger partial charge in [-0.2, -0.15) is 0 Å². The number of carbonyl (C=O) groups is 1. The van der Waals surface area contributed by atoms with E-state index in [1.807, 2.05) is 61.5 Å². The first-order chi connectivity index (χ1) is 17.1.